The second kappa shape index (κ2) is 14.5. The number of halogens is 1. The van der Waals surface area contributed by atoms with Gasteiger partial charge in [0.2, 0.25) is 0 Å². The molecular weight excluding hydrogens is 507 g/mol. The first-order valence-electron chi connectivity index (χ1n) is 10.3. The molecule has 7 nitrogen and oxygen atoms in total. The summed E-state index contributed by atoms with van der Waals surface area (Å²) in [6.45, 7) is 8.65. The monoisotopic (exact) mass is 540 g/mol. The molecule has 0 heterocycles. The number of aliphatic imine (C=N–C) groups is 1. The number of primary amides is 1. The molecule has 0 atom stereocenters. The molecule has 4 N–H and O–H groups in total. The van der Waals surface area contributed by atoms with E-state index in [2.05, 4.69) is 29.7 Å². The van der Waals surface area contributed by atoms with Crippen molar-refractivity contribution in [3.05, 3.63) is 59.2 Å². The number of hydrogen-bond acceptors (Lipinski definition) is 4. The first-order valence-corrected chi connectivity index (χ1v) is 10.3. The van der Waals surface area contributed by atoms with E-state index in [1.165, 1.54) is 5.56 Å². The van der Waals surface area contributed by atoms with Gasteiger partial charge >= 0.3 is 0 Å². The van der Waals surface area contributed by atoms with Crippen LogP contribution in [0.3, 0.4) is 0 Å². The molecule has 0 saturated carbocycles. The van der Waals surface area contributed by atoms with Gasteiger partial charge in [-0.3, -0.25) is 4.79 Å². The van der Waals surface area contributed by atoms with Gasteiger partial charge in [0.1, 0.15) is 11.5 Å². The maximum Gasteiger partial charge on any atom is 0.255 e. The number of carbonyl (C=O) groups excluding carboxylic acids is 1. The number of ether oxygens (including phenoxy) is 2. The summed E-state index contributed by atoms with van der Waals surface area (Å²) in [7, 11) is 0. The molecule has 0 spiro atoms. The molecule has 1 amide bonds. The molecule has 0 aromatic heterocycles. The van der Waals surface area contributed by atoms with Crippen LogP contribution in [-0.2, 0) is 17.8 Å². The highest BCUT2D eigenvalue weighted by atomic mass is 127. The molecule has 170 valence electrons. The number of amides is 1. The van der Waals surface area contributed by atoms with Gasteiger partial charge in [0, 0.05) is 18.7 Å². The van der Waals surface area contributed by atoms with Gasteiger partial charge in [0.15, 0.2) is 12.6 Å². The molecule has 0 bridgehead atoms. The maximum atomic E-state index is 10.8. The minimum absolute atomic E-state index is 0. The Morgan fingerprint density at radius 3 is 2.45 bits per heavy atom. The molecule has 0 unspecified atom stereocenters. The van der Waals surface area contributed by atoms with E-state index < -0.39 is 5.91 Å². The van der Waals surface area contributed by atoms with Crippen molar-refractivity contribution in [1.82, 2.24) is 10.6 Å². The minimum atomic E-state index is -0.488. The van der Waals surface area contributed by atoms with Crippen LogP contribution >= 0.6 is 24.0 Å². The second-order valence-electron chi connectivity index (χ2n) is 6.82. The van der Waals surface area contributed by atoms with Crippen molar-refractivity contribution in [2.24, 2.45) is 10.7 Å². The molecule has 0 saturated heterocycles. The Morgan fingerprint density at radius 2 is 1.81 bits per heavy atom. The Hall–Kier alpha value is -2.49. The van der Waals surface area contributed by atoms with E-state index in [4.69, 9.17) is 20.2 Å². The summed E-state index contributed by atoms with van der Waals surface area (Å²) >= 11 is 0. The Labute approximate surface area is 201 Å². The predicted octanol–water partition coefficient (Wildman–Crippen LogP) is 3.17. The minimum Gasteiger partial charge on any atom is -0.494 e. The third kappa shape index (κ3) is 9.91. The lowest BCUT2D eigenvalue weighted by atomic mass is 10.1. The van der Waals surface area contributed by atoms with Gasteiger partial charge in [-0.25, -0.2) is 4.99 Å². The van der Waals surface area contributed by atoms with Gasteiger partial charge < -0.3 is 25.8 Å². The van der Waals surface area contributed by atoms with Gasteiger partial charge in [0.25, 0.3) is 5.91 Å². The average molecular weight is 540 g/mol. The molecule has 2 rings (SSSR count). The fraction of sp³-hybridized carbons (Fsp3) is 0.391. The van der Waals surface area contributed by atoms with E-state index >= 15 is 0 Å². The third-order valence-corrected chi connectivity index (χ3v) is 4.28. The average Bonchev–Trinajstić information content (AvgIpc) is 2.72. The highest BCUT2D eigenvalue weighted by Crippen LogP contribution is 2.21. The van der Waals surface area contributed by atoms with Crippen molar-refractivity contribution < 1.29 is 14.3 Å². The maximum absolute atomic E-state index is 10.8. The SMILES string of the molecule is CCNC(=NCc1ccc(C)cc1OCC)NCCc1ccc(OCC(N)=O)cc1.I. The number of nitrogens with one attached hydrogen (secondary N) is 2. The summed E-state index contributed by atoms with van der Waals surface area (Å²) in [5.41, 5.74) is 8.47. The van der Waals surface area contributed by atoms with E-state index in [-0.39, 0.29) is 30.6 Å². The number of hydrogen-bond donors (Lipinski definition) is 3. The van der Waals surface area contributed by atoms with Gasteiger partial charge in [-0.05, 0) is 56.5 Å². The van der Waals surface area contributed by atoms with Crippen molar-refractivity contribution in [2.75, 3.05) is 26.3 Å². The fourth-order valence-corrected chi connectivity index (χ4v) is 2.82. The lowest BCUT2D eigenvalue weighted by Gasteiger charge is -2.13. The van der Waals surface area contributed by atoms with Crippen molar-refractivity contribution in [3.8, 4) is 11.5 Å². The van der Waals surface area contributed by atoms with Gasteiger partial charge in [-0.15, -0.1) is 24.0 Å². The van der Waals surface area contributed by atoms with Crippen LogP contribution in [0.4, 0.5) is 0 Å². The van der Waals surface area contributed by atoms with Crippen LogP contribution in [0.2, 0.25) is 0 Å². The molecule has 2 aromatic carbocycles. The summed E-state index contributed by atoms with van der Waals surface area (Å²) in [5, 5.41) is 6.64. The Bertz CT molecular complexity index is 841. The molecule has 0 aliphatic rings. The summed E-state index contributed by atoms with van der Waals surface area (Å²) in [6, 6.07) is 13.8. The molecule has 0 fully saturated rings. The smallest absolute Gasteiger partial charge is 0.255 e. The number of nitrogens with two attached hydrogens (primary N) is 1. The molecule has 0 aliphatic carbocycles. The topological polar surface area (TPSA) is 98.0 Å². The fourth-order valence-electron chi connectivity index (χ4n) is 2.82. The highest BCUT2D eigenvalue weighted by molar-refractivity contribution is 14.0. The summed E-state index contributed by atoms with van der Waals surface area (Å²) < 4.78 is 11.0. The summed E-state index contributed by atoms with van der Waals surface area (Å²) in [6.07, 6.45) is 0.829. The molecule has 2 aromatic rings. The van der Waals surface area contributed by atoms with Crippen LogP contribution in [0.15, 0.2) is 47.5 Å². The second-order valence-corrected chi connectivity index (χ2v) is 6.82. The Kier molecular flexibility index (Phi) is 12.4. The third-order valence-electron chi connectivity index (χ3n) is 4.28. The highest BCUT2D eigenvalue weighted by Gasteiger charge is 2.05. The lowest BCUT2D eigenvalue weighted by molar-refractivity contribution is -0.119. The zero-order valence-corrected chi connectivity index (χ0v) is 20.8. The summed E-state index contributed by atoms with van der Waals surface area (Å²) in [5.74, 6) is 1.79. The first-order chi connectivity index (χ1) is 14.5. The van der Waals surface area contributed by atoms with Gasteiger partial charge in [0.05, 0.1) is 13.2 Å². The van der Waals surface area contributed by atoms with Crippen LogP contribution in [0.5, 0.6) is 11.5 Å². The van der Waals surface area contributed by atoms with Crippen LogP contribution in [0.1, 0.15) is 30.5 Å². The number of aryl methyl sites for hydroxylation is 1. The van der Waals surface area contributed by atoms with Crippen molar-refractivity contribution in [1.29, 1.82) is 0 Å². The molecular formula is C23H33IN4O3. The lowest BCUT2D eigenvalue weighted by Crippen LogP contribution is -2.38. The zero-order valence-electron chi connectivity index (χ0n) is 18.4. The Balaban J connectivity index is 0.00000480. The van der Waals surface area contributed by atoms with E-state index in [1.54, 1.807) is 0 Å². The molecule has 31 heavy (non-hydrogen) atoms. The van der Waals surface area contributed by atoms with Crippen LogP contribution in [0, 0.1) is 6.92 Å². The standard InChI is InChI=1S/C23H32N4O3.HI/c1-4-25-23(27-15-19-9-6-17(3)14-21(19)29-5-2)26-13-12-18-7-10-20(11-8-18)30-16-22(24)28;/h6-11,14H,4-5,12-13,15-16H2,1-3H3,(H2,24,28)(H2,25,26,27);1H. The van der Waals surface area contributed by atoms with E-state index in [0.717, 1.165) is 42.3 Å². The van der Waals surface area contributed by atoms with Crippen LogP contribution < -0.4 is 25.8 Å². The number of nitrogens with zero attached hydrogens (tertiary/aromatic N) is 1. The predicted molar refractivity (Wildman–Crippen MR) is 135 cm³/mol. The summed E-state index contributed by atoms with van der Waals surface area (Å²) in [4.78, 5) is 15.5. The number of guanidine groups is 1. The van der Waals surface area contributed by atoms with E-state index in [9.17, 15) is 4.79 Å². The van der Waals surface area contributed by atoms with Crippen molar-refractivity contribution in [3.63, 3.8) is 0 Å². The normalized spacial score (nSPS) is 10.7. The number of carbonyl (C=O) groups is 1. The zero-order chi connectivity index (χ0) is 21.8. The Morgan fingerprint density at radius 1 is 1.06 bits per heavy atom. The molecule has 0 aliphatic heterocycles. The van der Waals surface area contributed by atoms with Gasteiger partial charge in [-0.2, -0.15) is 0 Å². The van der Waals surface area contributed by atoms with Gasteiger partial charge in [-0.1, -0.05) is 24.3 Å². The van der Waals surface area contributed by atoms with Crippen LogP contribution in [0.25, 0.3) is 0 Å². The number of benzene rings is 2. The number of rotatable bonds is 11. The van der Waals surface area contributed by atoms with Crippen molar-refractivity contribution in [2.45, 2.75) is 33.7 Å². The quantitative estimate of drug-likeness (QED) is 0.231. The van der Waals surface area contributed by atoms with E-state index in [0.29, 0.717) is 18.9 Å². The largest absolute Gasteiger partial charge is 0.494 e. The molecule has 8 heteroatoms. The van der Waals surface area contributed by atoms with E-state index in [1.807, 2.05) is 44.2 Å². The first kappa shape index (κ1) is 26.5. The molecule has 0 radical (unpaired) electrons. The van der Waals surface area contributed by atoms with Crippen molar-refractivity contribution >= 4 is 35.8 Å². The van der Waals surface area contributed by atoms with Crippen LogP contribution in [-0.4, -0.2) is 38.2 Å².